The summed E-state index contributed by atoms with van der Waals surface area (Å²) in [7, 11) is 1.17. The molecule has 0 saturated carbocycles. The number of ether oxygens (including phenoxy) is 1. The number of aliphatic imine (C=N–C) groups is 1. The standard InChI is InChI=1S/C17H18F3N3O4S.C6H5F/c1-8-12(16(26)27-2)10(22-14(21-8)13-9(18)3-4-28-13)6-23-7-17(19,20)5-11(23)15(24)25;7-6-4-2-1-3-5-6/h3-4,8,11H,5-7H2,1-2H3,(H,21,22)(H,24,25);1-5H. The Morgan fingerprint density at radius 3 is 2.46 bits per heavy atom. The molecule has 2 aromatic rings. The van der Waals surface area contributed by atoms with Crippen molar-refractivity contribution in [3.05, 3.63) is 69.6 Å². The Balaban J connectivity index is 0.000000420. The highest BCUT2D eigenvalue weighted by Gasteiger charge is 2.48. The Morgan fingerprint density at radius 2 is 1.94 bits per heavy atom. The highest BCUT2D eigenvalue weighted by atomic mass is 32.1. The van der Waals surface area contributed by atoms with Crippen LogP contribution in [0.4, 0.5) is 17.6 Å². The molecule has 35 heavy (non-hydrogen) atoms. The molecule has 188 valence electrons. The number of nitrogens with zero attached hydrogens (tertiary/aromatic N) is 2. The van der Waals surface area contributed by atoms with Gasteiger partial charge in [-0.1, -0.05) is 18.2 Å². The Hall–Kier alpha value is -3.25. The smallest absolute Gasteiger partial charge is 0.337 e. The summed E-state index contributed by atoms with van der Waals surface area (Å²) in [6.07, 6.45) is -0.820. The van der Waals surface area contributed by atoms with Crippen LogP contribution in [-0.2, 0) is 14.3 Å². The molecule has 2 aliphatic heterocycles. The average Bonchev–Trinajstić information content (AvgIpc) is 3.36. The van der Waals surface area contributed by atoms with Gasteiger partial charge in [0.1, 0.15) is 28.4 Å². The summed E-state index contributed by atoms with van der Waals surface area (Å²) in [6.45, 7) is 0.553. The summed E-state index contributed by atoms with van der Waals surface area (Å²) in [5, 5.41) is 13.6. The first-order valence-corrected chi connectivity index (χ1v) is 11.3. The van der Waals surface area contributed by atoms with Crippen LogP contribution < -0.4 is 5.32 Å². The lowest BCUT2D eigenvalue weighted by molar-refractivity contribution is -0.142. The molecule has 1 saturated heterocycles. The molecule has 2 unspecified atom stereocenters. The van der Waals surface area contributed by atoms with Crippen molar-refractivity contribution in [2.75, 3.05) is 20.2 Å². The summed E-state index contributed by atoms with van der Waals surface area (Å²) < 4.78 is 58.3. The van der Waals surface area contributed by atoms with Gasteiger partial charge >= 0.3 is 11.9 Å². The van der Waals surface area contributed by atoms with Crippen LogP contribution in [0.2, 0.25) is 0 Å². The maximum Gasteiger partial charge on any atom is 0.337 e. The minimum atomic E-state index is -3.16. The molecular formula is C23H23F4N3O4S. The van der Waals surface area contributed by atoms with Crippen molar-refractivity contribution in [3.63, 3.8) is 0 Å². The molecule has 1 aromatic carbocycles. The Bertz CT molecular complexity index is 1140. The van der Waals surface area contributed by atoms with Crippen molar-refractivity contribution in [3.8, 4) is 0 Å². The summed E-state index contributed by atoms with van der Waals surface area (Å²) >= 11 is 1.09. The highest BCUT2D eigenvalue weighted by molar-refractivity contribution is 7.12. The number of hydrogen-bond acceptors (Lipinski definition) is 7. The summed E-state index contributed by atoms with van der Waals surface area (Å²) in [6, 6.07) is 7.06. The molecule has 2 N–H and O–H groups in total. The van der Waals surface area contributed by atoms with Gasteiger partial charge in [0, 0.05) is 18.7 Å². The lowest BCUT2D eigenvalue weighted by atomic mass is 10.0. The van der Waals surface area contributed by atoms with E-state index in [1.54, 1.807) is 25.1 Å². The first kappa shape index (κ1) is 26.4. The molecule has 0 amide bonds. The number of likely N-dealkylation sites (tertiary alicyclic amines) is 1. The third-order valence-corrected chi connectivity index (χ3v) is 6.22. The molecule has 3 heterocycles. The largest absolute Gasteiger partial charge is 0.480 e. The maximum absolute atomic E-state index is 14.0. The fourth-order valence-corrected chi connectivity index (χ4v) is 4.49. The first-order valence-electron chi connectivity index (χ1n) is 10.5. The van der Waals surface area contributed by atoms with Crippen LogP contribution >= 0.6 is 11.3 Å². The number of benzene rings is 1. The third kappa shape index (κ3) is 6.45. The van der Waals surface area contributed by atoms with Gasteiger partial charge in [0.15, 0.2) is 0 Å². The zero-order chi connectivity index (χ0) is 25.8. The van der Waals surface area contributed by atoms with Crippen LogP contribution in [0.15, 0.2) is 58.0 Å². The lowest BCUT2D eigenvalue weighted by Crippen LogP contribution is -2.44. The van der Waals surface area contributed by atoms with E-state index in [9.17, 15) is 32.3 Å². The van der Waals surface area contributed by atoms with Crippen molar-refractivity contribution in [2.24, 2.45) is 4.99 Å². The molecular weight excluding hydrogens is 490 g/mol. The number of methoxy groups -OCH3 is 1. The predicted octanol–water partition coefficient (Wildman–Crippen LogP) is 3.67. The molecule has 0 aliphatic carbocycles. The van der Waals surface area contributed by atoms with E-state index in [0.717, 1.165) is 16.2 Å². The van der Waals surface area contributed by atoms with E-state index in [4.69, 9.17) is 4.74 Å². The van der Waals surface area contributed by atoms with Crippen molar-refractivity contribution >= 4 is 29.1 Å². The highest BCUT2D eigenvalue weighted by Crippen LogP contribution is 2.33. The predicted molar refractivity (Wildman–Crippen MR) is 121 cm³/mol. The summed E-state index contributed by atoms with van der Waals surface area (Å²) in [5.41, 5.74) is 0.253. The molecule has 12 heteroatoms. The van der Waals surface area contributed by atoms with Gasteiger partial charge in [-0.25, -0.2) is 22.4 Å². The number of amidine groups is 1. The molecule has 1 aromatic heterocycles. The fourth-order valence-electron chi connectivity index (χ4n) is 3.77. The first-order chi connectivity index (χ1) is 16.5. The zero-order valence-electron chi connectivity index (χ0n) is 18.8. The number of carboxylic acids is 1. The molecule has 0 spiro atoms. The van der Waals surface area contributed by atoms with Crippen molar-refractivity contribution < 1.29 is 37.0 Å². The van der Waals surface area contributed by atoms with Crippen LogP contribution in [0.1, 0.15) is 18.2 Å². The second-order valence-corrected chi connectivity index (χ2v) is 8.79. The Kier molecular flexibility index (Phi) is 8.28. The van der Waals surface area contributed by atoms with Crippen LogP contribution in [0.5, 0.6) is 0 Å². The number of rotatable bonds is 5. The number of esters is 1. The molecule has 4 rings (SSSR count). The number of nitrogens with one attached hydrogen (secondary N) is 1. The topological polar surface area (TPSA) is 91.2 Å². The molecule has 0 radical (unpaired) electrons. The number of alkyl halides is 2. The molecule has 2 atom stereocenters. The summed E-state index contributed by atoms with van der Waals surface area (Å²) in [4.78, 5) is 29.2. The molecule has 0 bridgehead atoms. The van der Waals surface area contributed by atoms with Crippen molar-refractivity contribution in [2.45, 2.75) is 31.4 Å². The van der Waals surface area contributed by atoms with Crippen LogP contribution in [-0.4, -0.2) is 66.0 Å². The lowest BCUT2D eigenvalue weighted by Gasteiger charge is -2.29. The number of hydrogen-bond donors (Lipinski definition) is 2. The molecule has 2 aliphatic rings. The van der Waals surface area contributed by atoms with Gasteiger partial charge in [-0.05, 0) is 30.5 Å². The van der Waals surface area contributed by atoms with E-state index < -0.39 is 48.7 Å². The minimum Gasteiger partial charge on any atom is -0.480 e. The van der Waals surface area contributed by atoms with Crippen LogP contribution in [0.25, 0.3) is 0 Å². The van der Waals surface area contributed by atoms with E-state index in [2.05, 4.69) is 10.3 Å². The quantitative estimate of drug-likeness (QED) is 0.469. The van der Waals surface area contributed by atoms with Gasteiger partial charge < -0.3 is 15.2 Å². The molecule has 7 nitrogen and oxygen atoms in total. The average molecular weight is 514 g/mol. The van der Waals surface area contributed by atoms with Gasteiger partial charge in [0.05, 0.1) is 25.3 Å². The number of thiophene rings is 1. The third-order valence-electron chi connectivity index (χ3n) is 5.32. The maximum atomic E-state index is 14.0. The Morgan fingerprint density at radius 1 is 1.26 bits per heavy atom. The van der Waals surface area contributed by atoms with Crippen molar-refractivity contribution in [1.82, 2.24) is 10.2 Å². The summed E-state index contributed by atoms with van der Waals surface area (Å²) in [5.74, 6) is -5.79. The van der Waals surface area contributed by atoms with E-state index in [1.165, 1.54) is 30.7 Å². The molecule has 1 fully saturated rings. The van der Waals surface area contributed by atoms with E-state index in [-0.39, 0.29) is 34.3 Å². The minimum absolute atomic E-state index is 0.0857. The van der Waals surface area contributed by atoms with Gasteiger partial charge in [0.2, 0.25) is 0 Å². The van der Waals surface area contributed by atoms with Gasteiger partial charge in [-0.15, -0.1) is 11.3 Å². The van der Waals surface area contributed by atoms with E-state index >= 15 is 0 Å². The number of halogens is 4. The van der Waals surface area contributed by atoms with Crippen molar-refractivity contribution in [1.29, 1.82) is 0 Å². The van der Waals surface area contributed by atoms with Crippen LogP contribution in [0.3, 0.4) is 0 Å². The number of carbonyl (C=O) groups is 2. The number of carboxylic acid groups (broad SMARTS) is 1. The monoisotopic (exact) mass is 513 g/mol. The fraction of sp³-hybridized carbons (Fsp3) is 0.348. The van der Waals surface area contributed by atoms with Crippen LogP contribution in [0, 0.1) is 11.6 Å². The number of aliphatic carboxylic acids is 1. The SMILES string of the molecule is COC(=O)C1=C(CN2CC(F)(F)CC2C(=O)O)NC(c2sccc2F)=NC1C.Fc1ccccc1. The van der Waals surface area contributed by atoms with E-state index in [0.29, 0.717) is 0 Å². The second-order valence-electron chi connectivity index (χ2n) is 7.87. The Labute approximate surface area is 202 Å². The number of carbonyl (C=O) groups excluding carboxylic acids is 1. The second kappa shape index (κ2) is 11.0. The van der Waals surface area contributed by atoms with E-state index in [1.807, 2.05) is 0 Å². The van der Waals surface area contributed by atoms with Gasteiger partial charge in [-0.2, -0.15) is 0 Å². The normalized spacial score (nSPS) is 21.5. The van der Waals surface area contributed by atoms with Gasteiger partial charge in [0.25, 0.3) is 5.92 Å². The zero-order valence-corrected chi connectivity index (χ0v) is 19.6. The van der Waals surface area contributed by atoms with Gasteiger partial charge in [-0.3, -0.25) is 14.7 Å².